The monoisotopic (exact) mass is 419 g/mol. The second-order valence-corrected chi connectivity index (χ2v) is 5.87. The zero-order chi connectivity index (χ0) is 20.3. The highest BCUT2D eigenvalue weighted by molar-refractivity contribution is 6.17. The minimum absolute atomic E-state index is 0. The van der Waals surface area contributed by atoms with E-state index >= 15 is 0 Å². The number of fused-ring (bicyclic) bond motifs is 1. The minimum atomic E-state index is -0.291. The molecule has 29 heavy (non-hydrogen) atoms. The number of ether oxygens (including phenoxy) is 4. The molecule has 0 saturated carbocycles. The molecular weight excluding hydrogens is 398 g/mol. The Morgan fingerprint density at radius 3 is 2.17 bits per heavy atom. The molecule has 0 amide bonds. The van der Waals surface area contributed by atoms with Crippen LogP contribution >= 0.6 is 12.4 Å². The molecule has 0 spiro atoms. The highest BCUT2D eigenvalue weighted by Gasteiger charge is 2.21. The number of phenolic OH excluding ortho intramolecular Hbond substituents is 1. The number of carbonyl (C=O) groups excluding carboxylic acids is 1. The van der Waals surface area contributed by atoms with Gasteiger partial charge in [-0.2, -0.15) is 0 Å². The smallest absolute Gasteiger partial charge is 0.203 e. The van der Waals surface area contributed by atoms with Gasteiger partial charge in [-0.05, 0) is 36.6 Å². The van der Waals surface area contributed by atoms with E-state index in [1.165, 1.54) is 33.7 Å². The van der Waals surface area contributed by atoms with Crippen molar-refractivity contribution >= 4 is 29.0 Å². The molecule has 0 atom stereocenters. The first kappa shape index (κ1) is 22.1. The van der Waals surface area contributed by atoms with Gasteiger partial charge in [0.2, 0.25) is 5.75 Å². The second kappa shape index (κ2) is 9.34. The first-order valence-corrected chi connectivity index (χ1v) is 8.62. The van der Waals surface area contributed by atoms with Crippen molar-refractivity contribution in [2.24, 2.45) is 0 Å². The van der Waals surface area contributed by atoms with Crippen LogP contribution in [0.4, 0.5) is 0 Å². The van der Waals surface area contributed by atoms with E-state index in [-0.39, 0.29) is 23.9 Å². The number of methoxy groups -OCH3 is 3. The van der Waals surface area contributed by atoms with Gasteiger partial charge >= 0.3 is 0 Å². The lowest BCUT2D eigenvalue weighted by atomic mass is 9.98. The van der Waals surface area contributed by atoms with Crippen LogP contribution in [-0.4, -0.2) is 43.8 Å². The molecule has 0 unspecified atom stereocenters. The molecule has 3 aromatic rings. The molecule has 2 aromatic carbocycles. The molecule has 0 fully saturated rings. The molecule has 154 valence electrons. The fourth-order valence-electron chi connectivity index (χ4n) is 3.03. The van der Waals surface area contributed by atoms with Gasteiger partial charge in [0.05, 0.1) is 27.9 Å². The second-order valence-electron chi connectivity index (χ2n) is 5.87. The molecule has 0 aliphatic carbocycles. The fourth-order valence-corrected chi connectivity index (χ4v) is 3.03. The van der Waals surface area contributed by atoms with Gasteiger partial charge in [-0.1, -0.05) is 0 Å². The van der Waals surface area contributed by atoms with Crippen molar-refractivity contribution in [1.82, 2.24) is 4.98 Å². The van der Waals surface area contributed by atoms with E-state index < -0.39 is 0 Å². The fraction of sp³-hybridized carbons (Fsp3) is 0.238. The lowest BCUT2D eigenvalue weighted by molar-refractivity contribution is 0.103. The number of ketones is 1. The number of hydrogen-bond donors (Lipinski definition) is 1. The molecule has 1 N–H and O–H groups in total. The average molecular weight is 420 g/mol. The molecule has 0 aliphatic rings. The normalized spacial score (nSPS) is 10.2. The molecular formula is C21H22ClNO6. The van der Waals surface area contributed by atoms with E-state index in [0.717, 1.165) is 0 Å². The van der Waals surface area contributed by atoms with E-state index in [4.69, 9.17) is 18.9 Å². The van der Waals surface area contributed by atoms with Crippen LogP contribution in [0.25, 0.3) is 10.8 Å². The lowest BCUT2D eigenvalue weighted by Gasteiger charge is -2.14. The summed E-state index contributed by atoms with van der Waals surface area (Å²) in [6.45, 7) is 2.24. The molecule has 0 radical (unpaired) electrons. The predicted octanol–water partition coefficient (Wildman–Crippen LogP) is 4.02. The molecule has 0 aliphatic heterocycles. The van der Waals surface area contributed by atoms with Gasteiger partial charge in [0.1, 0.15) is 0 Å². The van der Waals surface area contributed by atoms with Gasteiger partial charge < -0.3 is 24.1 Å². The Labute approximate surface area is 174 Å². The van der Waals surface area contributed by atoms with E-state index in [1.807, 2.05) is 6.92 Å². The number of carbonyl (C=O) groups is 1. The summed E-state index contributed by atoms with van der Waals surface area (Å²) in [6, 6.07) is 6.52. The maximum absolute atomic E-state index is 13.2. The topological polar surface area (TPSA) is 87.1 Å². The van der Waals surface area contributed by atoms with Crippen LogP contribution in [0.5, 0.6) is 28.7 Å². The zero-order valence-electron chi connectivity index (χ0n) is 16.5. The largest absolute Gasteiger partial charge is 0.504 e. The number of aromatic hydroxyl groups is 1. The number of aromatic nitrogens is 1. The average Bonchev–Trinajstić information content (AvgIpc) is 2.73. The Hall–Kier alpha value is -3.19. The van der Waals surface area contributed by atoms with Crippen LogP contribution in [0, 0.1) is 0 Å². The molecule has 8 heteroatoms. The first-order chi connectivity index (χ1) is 13.5. The van der Waals surface area contributed by atoms with Crippen molar-refractivity contribution in [2.45, 2.75) is 6.92 Å². The molecule has 1 heterocycles. The van der Waals surface area contributed by atoms with Crippen LogP contribution < -0.4 is 18.9 Å². The van der Waals surface area contributed by atoms with Crippen molar-refractivity contribution < 1.29 is 28.8 Å². The van der Waals surface area contributed by atoms with Gasteiger partial charge in [-0.3, -0.25) is 9.78 Å². The Morgan fingerprint density at radius 2 is 1.62 bits per heavy atom. The summed E-state index contributed by atoms with van der Waals surface area (Å²) in [5.41, 5.74) is 0.683. The van der Waals surface area contributed by atoms with Crippen LogP contribution in [0.2, 0.25) is 0 Å². The molecule has 3 rings (SSSR count). The summed E-state index contributed by atoms with van der Waals surface area (Å²) < 4.78 is 21.4. The Bertz CT molecular complexity index is 1010. The number of hydrogen-bond acceptors (Lipinski definition) is 7. The minimum Gasteiger partial charge on any atom is -0.504 e. The van der Waals surface area contributed by atoms with Crippen molar-refractivity contribution in [3.05, 3.63) is 47.8 Å². The maximum Gasteiger partial charge on any atom is 0.203 e. The lowest BCUT2D eigenvalue weighted by Crippen LogP contribution is -2.05. The van der Waals surface area contributed by atoms with Crippen molar-refractivity contribution in [2.75, 3.05) is 27.9 Å². The van der Waals surface area contributed by atoms with E-state index in [0.29, 0.717) is 51.5 Å². The highest BCUT2D eigenvalue weighted by Crippen LogP contribution is 2.40. The predicted molar refractivity (Wildman–Crippen MR) is 111 cm³/mol. The van der Waals surface area contributed by atoms with Gasteiger partial charge in [0, 0.05) is 28.9 Å². The number of rotatable bonds is 7. The molecule has 1 aromatic heterocycles. The first-order valence-electron chi connectivity index (χ1n) is 8.62. The van der Waals surface area contributed by atoms with Crippen molar-refractivity contribution in [3.8, 4) is 28.7 Å². The van der Waals surface area contributed by atoms with E-state index in [2.05, 4.69) is 4.98 Å². The molecule has 0 saturated heterocycles. The third-order valence-corrected chi connectivity index (χ3v) is 4.35. The van der Waals surface area contributed by atoms with Crippen molar-refractivity contribution in [3.63, 3.8) is 0 Å². The Balaban J connectivity index is 0.00000300. The van der Waals surface area contributed by atoms with Gasteiger partial charge in [0.25, 0.3) is 0 Å². The number of benzene rings is 2. The highest BCUT2D eigenvalue weighted by atomic mass is 35.5. The number of nitrogens with zero attached hydrogens (tertiary/aromatic N) is 1. The Kier molecular flexibility index (Phi) is 7.12. The summed E-state index contributed by atoms with van der Waals surface area (Å²) in [5.74, 6) is 1.15. The van der Waals surface area contributed by atoms with Crippen LogP contribution in [0.1, 0.15) is 22.8 Å². The third-order valence-electron chi connectivity index (χ3n) is 4.35. The number of pyridine rings is 1. The maximum atomic E-state index is 13.2. The van der Waals surface area contributed by atoms with Crippen molar-refractivity contribution in [1.29, 1.82) is 0 Å². The summed E-state index contributed by atoms with van der Waals surface area (Å²) in [7, 11) is 4.46. The van der Waals surface area contributed by atoms with Gasteiger partial charge in [-0.25, -0.2) is 0 Å². The number of halogens is 1. The van der Waals surface area contributed by atoms with E-state index in [9.17, 15) is 9.90 Å². The Morgan fingerprint density at radius 1 is 0.966 bits per heavy atom. The van der Waals surface area contributed by atoms with E-state index in [1.54, 1.807) is 24.3 Å². The summed E-state index contributed by atoms with van der Waals surface area (Å²) in [6.07, 6.45) is 2.97. The third kappa shape index (κ3) is 4.00. The SMILES string of the molecule is CCOc1ccc2c(C(=O)c3cc(OC)c(OC)c(OC)c3)cncc2c1O.Cl. The number of phenols is 1. The summed E-state index contributed by atoms with van der Waals surface area (Å²) in [5, 5.41) is 11.5. The zero-order valence-corrected chi connectivity index (χ0v) is 17.3. The van der Waals surface area contributed by atoms with Crippen LogP contribution in [0.15, 0.2) is 36.7 Å². The van der Waals surface area contributed by atoms with Crippen LogP contribution in [0.3, 0.4) is 0 Å². The van der Waals surface area contributed by atoms with Crippen LogP contribution in [-0.2, 0) is 0 Å². The molecule has 0 bridgehead atoms. The summed E-state index contributed by atoms with van der Waals surface area (Å²) >= 11 is 0. The summed E-state index contributed by atoms with van der Waals surface area (Å²) in [4.78, 5) is 17.3. The standard InChI is InChI=1S/C21H21NO6.ClH/c1-5-28-16-7-6-13-14(10-22-11-15(13)20(16)24)19(23)12-8-17(25-2)21(27-4)18(9-12)26-3;/h6-11,24H,5H2,1-4H3;1H. The van der Waals surface area contributed by atoms with Gasteiger partial charge in [0.15, 0.2) is 28.8 Å². The molecule has 7 nitrogen and oxygen atoms in total. The quantitative estimate of drug-likeness (QED) is 0.578. The van der Waals surface area contributed by atoms with Gasteiger partial charge in [-0.15, -0.1) is 12.4 Å².